The number of amides is 1. The van der Waals surface area contributed by atoms with Crippen molar-refractivity contribution >= 4 is 44.7 Å². The first-order valence-corrected chi connectivity index (χ1v) is 9.48. The van der Waals surface area contributed by atoms with Crippen molar-refractivity contribution in [2.45, 2.75) is 32.5 Å². The van der Waals surface area contributed by atoms with Crippen LogP contribution in [0.1, 0.15) is 30.3 Å². The molecule has 1 atom stereocenters. The summed E-state index contributed by atoms with van der Waals surface area (Å²) < 4.78 is 39.8. The first kappa shape index (κ1) is 20.3. The molecule has 0 aliphatic heterocycles. The Morgan fingerprint density at radius 2 is 2.07 bits per heavy atom. The number of anilines is 1. The van der Waals surface area contributed by atoms with Gasteiger partial charge in [-0.25, -0.2) is 4.98 Å². The van der Waals surface area contributed by atoms with Crippen LogP contribution in [-0.2, 0) is 17.4 Å². The van der Waals surface area contributed by atoms with E-state index in [0.29, 0.717) is 10.2 Å². The molecule has 0 aliphatic rings. The second kappa shape index (κ2) is 7.56. The van der Waals surface area contributed by atoms with Crippen LogP contribution < -0.4 is 10.9 Å². The summed E-state index contributed by atoms with van der Waals surface area (Å²) in [7, 11) is 0. The Kier molecular flexibility index (Phi) is 5.49. The molecule has 2 aromatic heterocycles. The Morgan fingerprint density at radius 3 is 2.71 bits per heavy atom. The molecule has 1 unspecified atom stereocenters. The number of rotatable bonds is 4. The normalized spacial score (nSPS) is 12.9. The lowest BCUT2D eigenvalue weighted by Crippen LogP contribution is -2.31. The molecular formula is C18H15ClF3N3O2S. The lowest BCUT2D eigenvalue weighted by molar-refractivity contribution is -0.137. The number of hydrogen-bond acceptors (Lipinski definition) is 4. The molecule has 1 aromatic carbocycles. The number of carbonyl (C=O) groups excluding carboxylic acids is 1. The average molecular weight is 430 g/mol. The van der Waals surface area contributed by atoms with Crippen molar-refractivity contribution in [3.63, 3.8) is 0 Å². The lowest BCUT2D eigenvalue weighted by atomic mass is 10.2. The average Bonchev–Trinajstić information content (AvgIpc) is 3.06. The molecule has 0 aliphatic carbocycles. The summed E-state index contributed by atoms with van der Waals surface area (Å²) in [4.78, 5) is 31.0. The van der Waals surface area contributed by atoms with Gasteiger partial charge in [0.25, 0.3) is 5.56 Å². The molecule has 2 heterocycles. The molecular weight excluding hydrogens is 415 g/mol. The van der Waals surface area contributed by atoms with E-state index in [1.165, 1.54) is 24.6 Å². The Bertz CT molecular complexity index is 1110. The third-order valence-corrected chi connectivity index (χ3v) is 5.74. The fraction of sp³-hybridized carbons (Fsp3) is 0.278. The molecule has 148 valence electrons. The number of thiophene rings is 1. The van der Waals surface area contributed by atoms with E-state index >= 15 is 0 Å². The summed E-state index contributed by atoms with van der Waals surface area (Å²) >= 11 is 7.31. The van der Waals surface area contributed by atoms with Crippen LogP contribution in [-0.4, -0.2) is 15.5 Å². The second-order valence-corrected chi connectivity index (χ2v) is 7.62. The highest BCUT2D eigenvalue weighted by Gasteiger charge is 2.31. The number of aryl methyl sites for hydroxylation is 1. The standard InChI is InChI=1S/C18H15ClF3N3O2S/c1-3-11-7-12-16(28-11)23-8-25(17(12)27)9(2)15(26)24-14-6-10(18(20,21)22)4-5-13(14)19/h4-9H,3H2,1-2H3,(H,24,26). The Labute approximate surface area is 166 Å². The fourth-order valence-corrected chi connectivity index (χ4v) is 3.69. The van der Waals surface area contributed by atoms with Crippen molar-refractivity contribution in [1.82, 2.24) is 9.55 Å². The van der Waals surface area contributed by atoms with Crippen LogP contribution in [0.3, 0.4) is 0 Å². The number of halogens is 4. The summed E-state index contributed by atoms with van der Waals surface area (Å²) in [6.07, 6.45) is -2.55. The molecule has 0 radical (unpaired) electrons. The quantitative estimate of drug-likeness (QED) is 0.642. The van der Waals surface area contributed by atoms with Crippen LogP contribution in [0.4, 0.5) is 18.9 Å². The van der Waals surface area contributed by atoms with Gasteiger partial charge in [-0.15, -0.1) is 11.3 Å². The molecule has 1 N–H and O–H groups in total. The van der Waals surface area contributed by atoms with Crippen LogP contribution in [0.15, 0.2) is 35.4 Å². The van der Waals surface area contributed by atoms with Crippen molar-refractivity contribution in [3.05, 3.63) is 56.4 Å². The fourth-order valence-electron chi connectivity index (χ4n) is 2.60. The number of benzene rings is 1. The second-order valence-electron chi connectivity index (χ2n) is 6.10. The SMILES string of the molecule is CCc1cc2c(=O)n(C(C)C(=O)Nc3cc(C(F)(F)F)ccc3Cl)cnc2s1. The number of nitrogens with zero attached hydrogens (tertiary/aromatic N) is 2. The van der Waals surface area contributed by atoms with Crippen LogP contribution >= 0.6 is 22.9 Å². The first-order chi connectivity index (χ1) is 13.1. The highest BCUT2D eigenvalue weighted by Crippen LogP contribution is 2.34. The zero-order valence-corrected chi connectivity index (χ0v) is 16.4. The highest BCUT2D eigenvalue weighted by molar-refractivity contribution is 7.18. The Balaban J connectivity index is 1.91. The van der Waals surface area contributed by atoms with E-state index in [1.54, 1.807) is 6.07 Å². The van der Waals surface area contributed by atoms with E-state index in [4.69, 9.17) is 11.6 Å². The number of nitrogens with one attached hydrogen (secondary N) is 1. The third-order valence-electron chi connectivity index (χ3n) is 4.22. The maximum absolute atomic E-state index is 12.9. The summed E-state index contributed by atoms with van der Waals surface area (Å²) in [5.74, 6) is -0.685. The summed E-state index contributed by atoms with van der Waals surface area (Å²) in [5.41, 5.74) is -1.51. The van der Waals surface area contributed by atoms with Gasteiger partial charge in [0.05, 0.1) is 28.0 Å². The number of alkyl halides is 3. The van der Waals surface area contributed by atoms with Gasteiger partial charge in [-0.05, 0) is 37.6 Å². The van der Waals surface area contributed by atoms with E-state index in [0.717, 1.165) is 34.1 Å². The number of aromatic nitrogens is 2. The smallest absolute Gasteiger partial charge is 0.323 e. The van der Waals surface area contributed by atoms with Crippen LogP contribution in [0.2, 0.25) is 5.02 Å². The maximum atomic E-state index is 12.9. The molecule has 10 heteroatoms. The van der Waals surface area contributed by atoms with E-state index in [-0.39, 0.29) is 10.7 Å². The van der Waals surface area contributed by atoms with E-state index in [2.05, 4.69) is 10.3 Å². The van der Waals surface area contributed by atoms with Gasteiger partial charge < -0.3 is 5.32 Å². The number of fused-ring (bicyclic) bond motifs is 1. The minimum Gasteiger partial charge on any atom is -0.323 e. The van der Waals surface area contributed by atoms with Gasteiger partial charge in [-0.1, -0.05) is 18.5 Å². The number of carbonyl (C=O) groups is 1. The molecule has 0 saturated heterocycles. The van der Waals surface area contributed by atoms with Crippen molar-refractivity contribution in [2.24, 2.45) is 0 Å². The Hall–Kier alpha value is -2.39. The molecule has 1 amide bonds. The summed E-state index contributed by atoms with van der Waals surface area (Å²) in [6, 6.07) is 3.37. The van der Waals surface area contributed by atoms with Crippen molar-refractivity contribution in [2.75, 3.05) is 5.32 Å². The maximum Gasteiger partial charge on any atom is 0.416 e. The van der Waals surface area contributed by atoms with Crippen molar-refractivity contribution < 1.29 is 18.0 Å². The topological polar surface area (TPSA) is 64.0 Å². The number of hydrogen-bond donors (Lipinski definition) is 1. The molecule has 0 saturated carbocycles. The minimum atomic E-state index is -4.57. The molecule has 5 nitrogen and oxygen atoms in total. The minimum absolute atomic E-state index is 0.0418. The molecule has 0 spiro atoms. The zero-order chi connectivity index (χ0) is 20.6. The molecule has 3 rings (SSSR count). The first-order valence-electron chi connectivity index (χ1n) is 8.29. The molecule has 28 heavy (non-hydrogen) atoms. The van der Waals surface area contributed by atoms with E-state index in [9.17, 15) is 22.8 Å². The zero-order valence-electron chi connectivity index (χ0n) is 14.8. The monoisotopic (exact) mass is 429 g/mol. The van der Waals surface area contributed by atoms with Gasteiger partial charge in [-0.3, -0.25) is 14.2 Å². The van der Waals surface area contributed by atoms with Gasteiger partial charge in [0.1, 0.15) is 10.9 Å². The van der Waals surface area contributed by atoms with Crippen LogP contribution in [0.25, 0.3) is 10.2 Å². The van der Waals surface area contributed by atoms with Gasteiger partial charge in [0.2, 0.25) is 5.91 Å². The Morgan fingerprint density at radius 1 is 1.36 bits per heavy atom. The summed E-state index contributed by atoms with van der Waals surface area (Å²) in [5, 5.41) is 2.72. The van der Waals surface area contributed by atoms with Gasteiger partial charge in [0.15, 0.2) is 0 Å². The van der Waals surface area contributed by atoms with Crippen LogP contribution in [0.5, 0.6) is 0 Å². The third kappa shape index (κ3) is 3.90. The predicted octanol–water partition coefficient (Wildman–Crippen LogP) is 4.89. The van der Waals surface area contributed by atoms with Gasteiger partial charge >= 0.3 is 6.18 Å². The van der Waals surface area contributed by atoms with Crippen molar-refractivity contribution in [1.29, 1.82) is 0 Å². The van der Waals surface area contributed by atoms with Crippen molar-refractivity contribution in [3.8, 4) is 0 Å². The largest absolute Gasteiger partial charge is 0.416 e. The lowest BCUT2D eigenvalue weighted by Gasteiger charge is -2.16. The van der Waals surface area contributed by atoms with Gasteiger partial charge in [-0.2, -0.15) is 13.2 Å². The predicted molar refractivity (Wildman–Crippen MR) is 103 cm³/mol. The van der Waals surface area contributed by atoms with Crippen LogP contribution in [0, 0.1) is 0 Å². The molecule has 0 bridgehead atoms. The van der Waals surface area contributed by atoms with Gasteiger partial charge in [0, 0.05) is 4.88 Å². The molecule has 3 aromatic rings. The highest BCUT2D eigenvalue weighted by atomic mass is 35.5. The van der Waals surface area contributed by atoms with E-state index < -0.39 is 29.2 Å². The van der Waals surface area contributed by atoms with E-state index in [1.807, 2.05) is 6.92 Å². The molecule has 0 fully saturated rings. The summed E-state index contributed by atoms with van der Waals surface area (Å²) in [6.45, 7) is 3.41.